The van der Waals surface area contributed by atoms with E-state index in [1.54, 1.807) is 6.92 Å². The van der Waals surface area contributed by atoms with Gasteiger partial charge < -0.3 is 5.32 Å². The Morgan fingerprint density at radius 3 is 2.38 bits per heavy atom. The summed E-state index contributed by atoms with van der Waals surface area (Å²) in [6, 6.07) is 8.74. The van der Waals surface area contributed by atoms with Crippen molar-refractivity contribution in [2.24, 2.45) is 0 Å². The summed E-state index contributed by atoms with van der Waals surface area (Å²) in [5.41, 5.74) is 0.699. The molecule has 1 unspecified atom stereocenters. The monoisotopic (exact) mass is 370 g/mol. The molecule has 0 saturated heterocycles. The number of hydrogen-bond donors (Lipinski definition) is 2. The van der Waals surface area contributed by atoms with E-state index >= 15 is 0 Å². The number of carbonyl (C=O) groups is 1. The Morgan fingerprint density at radius 2 is 1.79 bits per heavy atom. The van der Waals surface area contributed by atoms with Crippen molar-refractivity contribution in [1.82, 2.24) is 4.72 Å². The van der Waals surface area contributed by atoms with Gasteiger partial charge in [0.25, 0.3) is 0 Å². The predicted octanol–water partition coefficient (Wildman–Crippen LogP) is 3.09. The van der Waals surface area contributed by atoms with E-state index in [2.05, 4.69) is 10.0 Å². The van der Waals surface area contributed by atoms with Crippen LogP contribution in [0.4, 0.5) is 10.1 Å². The fourth-order valence-corrected chi connectivity index (χ4v) is 3.22. The van der Waals surface area contributed by atoms with Crippen LogP contribution in [0.2, 0.25) is 5.02 Å². The van der Waals surface area contributed by atoms with E-state index in [9.17, 15) is 17.6 Å². The summed E-state index contributed by atoms with van der Waals surface area (Å²) in [5, 5.41) is 2.87. The number of nitrogens with one attached hydrogen (secondary N) is 2. The third-order valence-electron chi connectivity index (χ3n) is 3.29. The van der Waals surface area contributed by atoms with Crippen LogP contribution in [0.25, 0.3) is 0 Å². The number of benzene rings is 2. The van der Waals surface area contributed by atoms with Crippen molar-refractivity contribution in [3.63, 3.8) is 0 Å². The van der Waals surface area contributed by atoms with Gasteiger partial charge in [-0.2, -0.15) is 4.72 Å². The molecule has 24 heavy (non-hydrogen) atoms. The molecule has 2 aromatic carbocycles. The lowest BCUT2D eigenvalue weighted by atomic mass is 10.2. The lowest BCUT2D eigenvalue weighted by molar-refractivity contribution is -0.117. The Bertz CT molecular complexity index is 854. The fourth-order valence-electron chi connectivity index (χ4n) is 1.89. The van der Waals surface area contributed by atoms with Crippen LogP contribution in [0.15, 0.2) is 47.4 Å². The maximum atomic E-state index is 13.5. The Kier molecular flexibility index (Phi) is 5.58. The summed E-state index contributed by atoms with van der Waals surface area (Å²) in [6.45, 7) is 3.00. The van der Waals surface area contributed by atoms with E-state index in [0.717, 1.165) is 0 Å². The number of anilines is 1. The lowest BCUT2D eigenvalue weighted by Crippen LogP contribution is -2.41. The Hall–Kier alpha value is -1.96. The number of aryl methyl sites for hydroxylation is 1. The first kappa shape index (κ1) is 18.4. The van der Waals surface area contributed by atoms with Gasteiger partial charge in [-0.15, -0.1) is 0 Å². The molecular formula is C16H16ClFN2O3S. The molecule has 0 aliphatic rings. The molecule has 1 atom stereocenters. The Labute approximate surface area is 144 Å². The Morgan fingerprint density at radius 1 is 1.17 bits per heavy atom. The number of rotatable bonds is 5. The summed E-state index contributed by atoms with van der Waals surface area (Å²) in [7, 11) is -3.87. The molecule has 2 N–H and O–H groups in total. The lowest BCUT2D eigenvalue weighted by Gasteiger charge is -2.15. The van der Waals surface area contributed by atoms with Gasteiger partial charge in [0.05, 0.1) is 10.9 Å². The van der Waals surface area contributed by atoms with Crippen LogP contribution >= 0.6 is 11.6 Å². The molecule has 0 fully saturated rings. The zero-order chi connectivity index (χ0) is 17.9. The zero-order valence-corrected chi connectivity index (χ0v) is 14.6. The third kappa shape index (κ3) is 4.53. The highest BCUT2D eigenvalue weighted by atomic mass is 35.5. The third-order valence-corrected chi connectivity index (χ3v) is 5.10. The largest absolute Gasteiger partial charge is 0.325 e. The average molecular weight is 371 g/mol. The van der Waals surface area contributed by atoms with E-state index in [1.165, 1.54) is 49.4 Å². The van der Waals surface area contributed by atoms with Crippen molar-refractivity contribution < 1.29 is 17.6 Å². The zero-order valence-electron chi connectivity index (χ0n) is 13.0. The van der Waals surface area contributed by atoms with Gasteiger partial charge in [-0.05, 0) is 55.8 Å². The van der Waals surface area contributed by atoms with Crippen LogP contribution in [0.5, 0.6) is 0 Å². The Balaban J connectivity index is 2.07. The van der Waals surface area contributed by atoms with E-state index in [1.807, 2.05) is 0 Å². The molecule has 0 saturated carbocycles. The number of carbonyl (C=O) groups excluding carboxylic acids is 1. The topological polar surface area (TPSA) is 75.3 Å². The summed E-state index contributed by atoms with van der Waals surface area (Å²) < 4.78 is 40.2. The van der Waals surface area contributed by atoms with Crippen LogP contribution < -0.4 is 10.0 Å². The van der Waals surface area contributed by atoms with Gasteiger partial charge in [0, 0.05) is 10.7 Å². The van der Waals surface area contributed by atoms with Gasteiger partial charge in [0.1, 0.15) is 5.82 Å². The maximum Gasteiger partial charge on any atom is 0.242 e. The van der Waals surface area contributed by atoms with Gasteiger partial charge in [-0.1, -0.05) is 17.7 Å². The molecule has 2 aromatic rings. The van der Waals surface area contributed by atoms with Crippen LogP contribution in [-0.4, -0.2) is 20.4 Å². The second-order valence-corrected chi connectivity index (χ2v) is 7.40. The van der Waals surface area contributed by atoms with Crippen LogP contribution in [0.3, 0.4) is 0 Å². The molecule has 8 heteroatoms. The van der Waals surface area contributed by atoms with Gasteiger partial charge in [-0.25, -0.2) is 12.8 Å². The second kappa shape index (κ2) is 7.29. The molecule has 0 aliphatic heterocycles. The normalized spacial score (nSPS) is 12.7. The molecule has 0 spiro atoms. The van der Waals surface area contributed by atoms with Crippen molar-refractivity contribution in [3.05, 3.63) is 58.9 Å². The molecule has 0 bridgehead atoms. The SMILES string of the molecule is Cc1ccc(NC(=O)C(C)NS(=O)(=O)c2ccc(Cl)cc2)cc1F. The van der Waals surface area contributed by atoms with E-state index in [4.69, 9.17) is 11.6 Å². The first-order valence-corrected chi connectivity index (χ1v) is 8.90. The quantitative estimate of drug-likeness (QED) is 0.849. The summed E-state index contributed by atoms with van der Waals surface area (Å²) >= 11 is 5.72. The number of hydrogen-bond acceptors (Lipinski definition) is 3. The molecular weight excluding hydrogens is 355 g/mol. The van der Waals surface area contributed by atoms with Gasteiger partial charge in [0.15, 0.2) is 0 Å². The second-order valence-electron chi connectivity index (χ2n) is 5.25. The minimum absolute atomic E-state index is 0.00655. The standard InChI is InChI=1S/C16H16ClFN2O3S/c1-10-3-6-13(9-15(10)18)19-16(21)11(2)20-24(22,23)14-7-4-12(17)5-8-14/h3-9,11,20H,1-2H3,(H,19,21). The molecule has 0 heterocycles. The van der Waals surface area contributed by atoms with E-state index < -0.39 is 27.8 Å². The molecule has 1 amide bonds. The number of sulfonamides is 1. The maximum absolute atomic E-state index is 13.5. The smallest absolute Gasteiger partial charge is 0.242 e. The van der Waals surface area contributed by atoms with Crippen molar-refractivity contribution in [1.29, 1.82) is 0 Å². The predicted molar refractivity (Wildman–Crippen MR) is 91.0 cm³/mol. The van der Waals surface area contributed by atoms with Crippen molar-refractivity contribution in [2.75, 3.05) is 5.32 Å². The first-order chi connectivity index (χ1) is 11.2. The highest BCUT2D eigenvalue weighted by Crippen LogP contribution is 2.16. The van der Waals surface area contributed by atoms with Crippen molar-refractivity contribution >= 4 is 33.2 Å². The molecule has 0 radical (unpaired) electrons. The number of amides is 1. The summed E-state index contributed by atoms with van der Waals surface area (Å²) in [5.74, 6) is -1.06. The van der Waals surface area contributed by atoms with Crippen LogP contribution in [0, 0.1) is 12.7 Å². The highest BCUT2D eigenvalue weighted by Gasteiger charge is 2.22. The van der Waals surface area contributed by atoms with Crippen LogP contribution in [-0.2, 0) is 14.8 Å². The van der Waals surface area contributed by atoms with E-state index in [-0.39, 0.29) is 10.6 Å². The first-order valence-electron chi connectivity index (χ1n) is 7.04. The molecule has 0 aromatic heterocycles. The van der Waals surface area contributed by atoms with Gasteiger partial charge >= 0.3 is 0 Å². The summed E-state index contributed by atoms with van der Waals surface area (Å²) in [4.78, 5) is 12.1. The minimum atomic E-state index is -3.87. The summed E-state index contributed by atoms with van der Waals surface area (Å²) in [6.07, 6.45) is 0. The van der Waals surface area contributed by atoms with Crippen molar-refractivity contribution in [3.8, 4) is 0 Å². The molecule has 5 nitrogen and oxygen atoms in total. The number of halogens is 2. The molecule has 128 valence electrons. The molecule has 2 rings (SSSR count). The van der Waals surface area contributed by atoms with E-state index in [0.29, 0.717) is 10.6 Å². The van der Waals surface area contributed by atoms with Gasteiger partial charge in [-0.3, -0.25) is 4.79 Å². The molecule has 0 aliphatic carbocycles. The average Bonchev–Trinajstić information content (AvgIpc) is 2.51. The minimum Gasteiger partial charge on any atom is -0.325 e. The van der Waals surface area contributed by atoms with Gasteiger partial charge in [0.2, 0.25) is 15.9 Å². The highest BCUT2D eigenvalue weighted by molar-refractivity contribution is 7.89. The van der Waals surface area contributed by atoms with Crippen molar-refractivity contribution in [2.45, 2.75) is 24.8 Å². The fraction of sp³-hybridized carbons (Fsp3) is 0.188. The van der Waals surface area contributed by atoms with Crippen LogP contribution in [0.1, 0.15) is 12.5 Å².